The minimum atomic E-state index is -1.13. The molecule has 0 radical (unpaired) electrons. The fraction of sp³-hybridized carbons (Fsp3) is 0.607. The number of pyridine rings is 1. The molecule has 33 heavy (non-hydrogen) atoms. The van der Waals surface area contributed by atoms with E-state index in [1.54, 1.807) is 0 Å². The lowest BCUT2D eigenvalue weighted by molar-refractivity contribution is -0.127. The highest BCUT2D eigenvalue weighted by Crippen LogP contribution is 2.50. The number of aliphatic hydroxyl groups excluding tert-OH is 1. The molecule has 2 fully saturated rings. The highest BCUT2D eigenvalue weighted by Gasteiger charge is 2.55. The first-order chi connectivity index (χ1) is 15.7. The number of aryl methyl sites for hydroxylation is 1. The van der Waals surface area contributed by atoms with Gasteiger partial charge >= 0.3 is 0 Å². The minimum Gasteiger partial charge on any atom is -0.393 e. The van der Waals surface area contributed by atoms with Crippen LogP contribution in [0.1, 0.15) is 68.2 Å². The van der Waals surface area contributed by atoms with E-state index in [2.05, 4.69) is 68.0 Å². The number of hydrogen-bond donors (Lipinski definition) is 2. The van der Waals surface area contributed by atoms with Gasteiger partial charge in [-0.3, -0.25) is 4.98 Å². The van der Waals surface area contributed by atoms with E-state index >= 15 is 0 Å². The molecule has 0 aliphatic carbocycles. The number of ether oxygens (including phenoxy) is 1. The Morgan fingerprint density at radius 2 is 1.79 bits per heavy atom. The van der Waals surface area contributed by atoms with E-state index in [4.69, 9.17) is 4.74 Å². The summed E-state index contributed by atoms with van der Waals surface area (Å²) < 4.78 is 5.43. The monoisotopic (exact) mass is 452 g/mol. The van der Waals surface area contributed by atoms with Crippen LogP contribution < -0.4 is 0 Å². The maximum absolute atomic E-state index is 12.4. The molecular weight excluding hydrogens is 412 g/mol. The van der Waals surface area contributed by atoms with Crippen molar-refractivity contribution in [1.29, 1.82) is 0 Å². The molecule has 1 aromatic heterocycles. The van der Waals surface area contributed by atoms with E-state index in [-0.39, 0.29) is 11.5 Å². The standard InChI is InChI=1S/C28H40N2O3/c1-20(2)22-6-8-24(9-7-22)28(32,27(3)18-30(4)19-27)25-15-21(16-29-17-25)5-10-26(31)23-11-13-33-14-12-23/h6-9,15-17,20,23,26,31-32H,5,10-14,18-19H2,1-4H3. The molecule has 2 N–H and O–H groups in total. The molecule has 2 aliphatic heterocycles. The molecular formula is C28H40N2O3. The lowest BCUT2D eigenvalue weighted by Crippen LogP contribution is -2.63. The summed E-state index contributed by atoms with van der Waals surface area (Å²) in [7, 11) is 2.09. The number of benzene rings is 1. The molecule has 2 aromatic rings. The molecule has 1 aromatic carbocycles. The molecule has 0 bridgehead atoms. The molecule has 180 valence electrons. The Bertz CT molecular complexity index is 917. The van der Waals surface area contributed by atoms with Crippen LogP contribution in [0.3, 0.4) is 0 Å². The number of likely N-dealkylation sites (tertiary alicyclic amines) is 1. The van der Waals surface area contributed by atoms with Crippen molar-refractivity contribution in [1.82, 2.24) is 9.88 Å². The number of nitrogens with zero attached hydrogens (tertiary/aromatic N) is 2. The zero-order valence-electron chi connectivity index (χ0n) is 20.6. The first kappa shape index (κ1) is 24.3. The summed E-state index contributed by atoms with van der Waals surface area (Å²) in [6.45, 7) is 9.68. The zero-order chi connectivity index (χ0) is 23.6. The fourth-order valence-electron chi connectivity index (χ4n) is 5.82. The molecule has 5 nitrogen and oxygen atoms in total. The van der Waals surface area contributed by atoms with Gasteiger partial charge in [-0.1, -0.05) is 45.0 Å². The van der Waals surface area contributed by atoms with E-state index in [9.17, 15) is 10.2 Å². The van der Waals surface area contributed by atoms with Gasteiger partial charge in [-0.25, -0.2) is 0 Å². The molecule has 2 unspecified atom stereocenters. The zero-order valence-corrected chi connectivity index (χ0v) is 20.6. The van der Waals surface area contributed by atoms with E-state index in [1.165, 1.54) is 5.56 Å². The van der Waals surface area contributed by atoms with E-state index in [0.29, 0.717) is 18.3 Å². The van der Waals surface area contributed by atoms with E-state index < -0.39 is 5.60 Å². The summed E-state index contributed by atoms with van der Waals surface area (Å²) >= 11 is 0. The second-order valence-corrected chi connectivity index (χ2v) is 10.9. The number of hydrogen-bond acceptors (Lipinski definition) is 5. The average Bonchev–Trinajstić information content (AvgIpc) is 2.81. The van der Waals surface area contributed by atoms with Crippen molar-refractivity contribution in [3.8, 4) is 0 Å². The van der Waals surface area contributed by atoms with E-state index in [1.807, 2.05) is 12.4 Å². The van der Waals surface area contributed by atoms with Gasteiger partial charge in [0.05, 0.1) is 6.10 Å². The highest BCUT2D eigenvalue weighted by atomic mass is 16.5. The molecule has 2 saturated heterocycles. The number of aliphatic hydroxyl groups is 2. The third-order valence-electron chi connectivity index (χ3n) is 7.86. The molecule has 5 heteroatoms. The van der Waals surface area contributed by atoms with Crippen molar-refractivity contribution in [3.05, 3.63) is 65.0 Å². The molecule has 2 aliphatic rings. The van der Waals surface area contributed by atoms with Crippen molar-refractivity contribution < 1.29 is 14.9 Å². The van der Waals surface area contributed by atoms with Crippen LogP contribution in [-0.4, -0.2) is 59.6 Å². The molecule has 0 amide bonds. The minimum absolute atomic E-state index is 0.303. The first-order valence-corrected chi connectivity index (χ1v) is 12.4. The summed E-state index contributed by atoms with van der Waals surface area (Å²) in [6.07, 6.45) is 6.68. The van der Waals surface area contributed by atoms with Crippen molar-refractivity contribution in [2.75, 3.05) is 33.4 Å². The Balaban J connectivity index is 1.59. The van der Waals surface area contributed by atoms with Crippen LogP contribution in [0.15, 0.2) is 42.7 Å². The second-order valence-electron chi connectivity index (χ2n) is 10.9. The van der Waals surface area contributed by atoms with Crippen LogP contribution in [0, 0.1) is 11.3 Å². The Morgan fingerprint density at radius 1 is 1.12 bits per heavy atom. The van der Waals surface area contributed by atoms with Crippen LogP contribution in [0.4, 0.5) is 0 Å². The molecule has 0 spiro atoms. The summed E-state index contributed by atoms with van der Waals surface area (Å²) in [5.41, 5.74) is 2.66. The summed E-state index contributed by atoms with van der Waals surface area (Å²) in [5.74, 6) is 0.764. The Hall–Kier alpha value is -1.79. The highest BCUT2D eigenvalue weighted by molar-refractivity contribution is 5.42. The predicted molar refractivity (Wildman–Crippen MR) is 131 cm³/mol. The Kier molecular flexibility index (Phi) is 7.25. The van der Waals surface area contributed by atoms with Crippen LogP contribution in [0.25, 0.3) is 0 Å². The predicted octanol–water partition coefficient (Wildman–Crippen LogP) is 4.11. The third kappa shape index (κ3) is 4.88. The SMILES string of the molecule is CC(C)c1ccc(C(O)(c2cncc(CCC(O)C3CCOCC3)c2)C2(C)CN(C)C2)cc1. The fourth-order valence-corrected chi connectivity index (χ4v) is 5.82. The van der Waals surface area contributed by atoms with Gasteiger partial charge in [-0.05, 0) is 67.3 Å². The van der Waals surface area contributed by atoms with Crippen molar-refractivity contribution >= 4 is 0 Å². The van der Waals surface area contributed by atoms with Crippen LogP contribution >= 0.6 is 0 Å². The normalized spacial score (nSPS) is 22.0. The topological polar surface area (TPSA) is 65.8 Å². The number of rotatable bonds is 8. The number of aromatic nitrogens is 1. The van der Waals surface area contributed by atoms with Gasteiger partial charge in [-0.2, -0.15) is 0 Å². The first-order valence-electron chi connectivity index (χ1n) is 12.4. The van der Waals surface area contributed by atoms with Crippen LogP contribution in [0.5, 0.6) is 0 Å². The lowest BCUT2D eigenvalue weighted by atomic mass is 9.62. The maximum Gasteiger partial charge on any atom is 0.124 e. The van der Waals surface area contributed by atoms with Gasteiger partial charge in [0.1, 0.15) is 5.60 Å². The smallest absolute Gasteiger partial charge is 0.124 e. The van der Waals surface area contributed by atoms with Gasteiger partial charge in [-0.15, -0.1) is 0 Å². The van der Waals surface area contributed by atoms with Crippen LogP contribution in [0.2, 0.25) is 0 Å². The molecule has 4 rings (SSSR count). The Labute approximate surface area is 198 Å². The van der Waals surface area contributed by atoms with E-state index in [0.717, 1.165) is 62.3 Å². The lowest BCUT2D eigenvalue weighted by Gasteiger charge is -2.56. The largest absolute Gasteiger partial charge is 0.393 e. The summed E-state index contributed by atoms with van der Waals surface area (Å²) in [5, 5.41) is 23.0. The maximum atomic E-state index is 12.4. The molecule has 2 atom stereocenters. The van der Waals surface area contributed by atoms with Gasteiger partial charge < -0.3 is 19.8 Å². The van der Waals surface area contributed by atoms with Gasteiger partial charge in [0, 0.05) is 49.7 Å². The second kappa shape index (κ2) is 9.83. The van der Waals surface area contributed by atoms with Gasteiger partial charge in [0.15, 0.2) is 0 Å². The third-order valence-corrected chi connectivity index (χ3v) is 7.86. The molecule has 0 saturated carbocycles. The van der Waals surface area contributed by atoms with Crippen molar-refractivity contribution in [2.45, 2.75) is 64.1 Å². The van der Waals surface area contributed by atoms with Crippen molar-refractivity contribution in [3.63, 3.8) is 0 Å². The van der Waals surface area contributed by atoms with Crippen molar-refractivity contribution in [2.24, 2.45) is 11.3 Å². The summed E-state index contributed by atoms with van der Waals surface area (Å²) in [6, 6.07) is 10.5. The van der Waals surface area contributed by atoms with Gasteiger partial charge in [0.2, 0.25) is 0 Å². The Morgan fingerprint density at radius 3 is 2.39 bits per heavy atom. The molecule has 3 heterocycles. The van der Waals surface area contributed by atoms with Gasteiger partial charge in [0.25, 0.3) is 0 Å². The van der Waals surface area contributed by atoms with Crippen LogP contribution in [-0.2, 0) is 16.8 Å². The quantitative estimate of drug-likeness (QED) is 0.631. The summed E-state index contributed by atoms with van der Waals surface area (Å²) in [4.78, 5) is 6.77. The average molecular weight is 453 g/mol.